The molecule has 3 rings (SSSR count). The monoisotopic (exact) mass is 457 g/mol. The number of aromatic nitrogens is 3. The van der Waals surface area contributed by atoms with Crippen LogP contribution in [0.15, 0.2) is 26.7 Å². The second kappa shape index (κ2) is 7.74. The highest BCUT2D eigenvalue weighted by Crippen LogP contribution is 2.36. The van der Waals surface area contributed by atoms with Crippen molar-refractivity contribution in [2.45, 2.75) is 19.9 Å². The normalized spacial score (nSPS) is 11.3. The Labute approximate surface area is 155 Å². The lowest BCUT2D eigenvalue weighted by molar-refractivity contribution is 0.666. The molecule has 0 aromatic carbocycles. The molecular formula is C15H17Br2N5S. The fourth-order valence-electron chi connectivity index (χ4n) is 2.23. The highest BCUT2D eigenvalue weighted by molar-refractivity contribution is 9.13. The lowest BCUT2D eigenvalue weighted by atomic mass is 10.3. The number of thiophene rings is 1. The molecule has 0 aliphatic carbocycles. The first-order valence-electron chi connectivity index (χ1n) is 7.32. The largest absolute Gasteiger partial charge is 0.356 e. The molecule has 0 aliphatic rings. The van der Waals surface area contributed by atoms with Crippen LogP contribution in [0, 0.1) is 6.92 Å². The summed E-state index contributed by atoms with van der Waals surface area (Å²) in [5, 5.41) is 6.79. The Morgan fingerprint density at radius 1 is 1.30 bits per heavy atom. The number of anilines is 1. The average molecular weight is 459 g/mol. The van der Waals surface area contributed by atoms with E-state index in [9.17, 15) is 0 Å². The average Bonchev–Trinajstić information content (AvgIpc) is 3.07. The minimum atomic E-state index is 0.801. The second-order valence-corrected chi connectivity index (χ2v) is 8.39. The van der Waals surface area contributed by atoms with Crippen molar-refractivity contribution in [3.63, 3.8) is 0 Å². The van der Waals surface area contributed by atoms with Gasteiger partial charge in [0.25, 0.3) is 0 Å². The maximum absolute atomic E-state index is 4.44. The van der Waals surface area contributed by atoms with Crippen LogP contribution in [0.2, 0.25) is 0 Å². The molecule has 3 N–H and O–H groups in total. The molecular weight excluding hydrogens is 442 g/mol. The highest BCUT2D eigenvalue weighted by atomic mass is 79.9. The molecule has 0 amide bonds. The van der Waals surface area contributed by atoms with Crippen LogP contribution in [-0.4, -0.2) is 28.0 Å². The van der Waals surface area contributed by atoms with Gasteiger partial charge in [-0.15, -0.1) is 11.3 Å². The van der Waals surface area contributed by atoms with Gasteiger partial charge < -0.3 is 15.6 Å². The van der Waals surface area contributed by atoms with Crippen molar-refractivity contribution >= 4 is 60.2 Å². The van der Waals surface area contributed by atoms with E-state index in [4.69, 9.17) is 0 Å². The van der Waals surface area contributed by atoms with E-state index in [1.807, 2.05) is 6.07 Å². The summed E-state index contributed by atoms with van der Waals surface area (Å²) in [6.07, 6.45) is 4.55. The quantitative estimate of drug-likeness (QED) is 0.457. The van der Waals surface area contributed by atoms with Crippen molar-refractivity contribution in [3.8, 4) is 0 Å². The summed E-state index contributed by atoms with van der Waals surface area (Å²) >= 11 is 8.92. The molecule has 122 valence electrons. The van der Waals surface area contributed by atoms with Crippen molar-refractivity contribution < 1.29 is 0 Å². The van der Waals surface area contributed by atoms with Crippen molar-refractivity contribution in [3.05, 3.63) is 37.2 Å². The van der Waals surface area contributed by atoms with Crippen LogP contribution in [0.1, 0.15) is 16.9 Å². The Balaban J connectivity index is 1.39. The lowest BCUT2D eigenvalue weighted by Gasteiger charge is -2.05. The number of nitrogens with one attached hydrogen (secondary N) is 3. The summed E-state index contributed by atoms with van der Waals surface area (Å²) in [5.41, 5.74) is 3.20. The molecule has 5 nitrogen and oxygen atoms in total. The van der Waals surface area contributed by atoms with Crippen molar-refractivity contribution in [1.82, 2.24) is 20.3 Å². The number of aromatic amines is 1. The summed E-state index contributed by atoms with van der Waals surface area (Å²) in [5.74, 6) is 0.801. The van der Waals surface area contributed by atoms with E-state index >= 15 is 0 Å². The maximum atomic E-state index is 4.44. The summed E-state index contributed by atoms with van der Waals surface area (Å²) in [7, 11) is 0. The fourth-order valence-corrected chi connectivity index (χ4v) is 4.62. The Kier molecular flexibility index (Phi) is 5.68. The number of hydrogen-bond acceptors (Lipinski definition) is 5. The van der Waals surface area contributed by atoms with Crippen LogP contribution in [-0.2, 0) is 6.54 Å². The zero-order valence-corrected chi connectivity index (χ0v) is 16.6. The molecule has 0 unspecified atom stereocenters. The first kappa shape index (κ1) is 16.9. The van der Waals surface area contributed by atoms with Crippen molar-refractivity contribution in [2.75, 3.05) is 18.4 Å². The Morgan fingerprint density at radius 3 is 2.91 bits per heavy atom. The third-order valence-corrected chi connectivity index (χ3v) is 7.27. The van der Waals surface area contributed by atoms with Gasteiger partial charge in [-0.05, 0) is 63.4 Å². The van der Waals surface area contributed by atoms with E-state index < -0.39 is 0 Å². The van der Waals surface area contributed by atoms with E-state index in [0.29, 0.717) is 0 Å². The van der Waals surface area contributed by atoms with Gasteiger partial charge >= 0.3 is 0 Å². The molecule has 0 saturated heterocycles. The number of fused-ring (bicyclic) bond motifs is 1. The topological polar surface area (TPSA) is 65.6 Å². The second-order valence-electron chi connectivity index (χ2n) is 5.17. The van der Waals surface area contributed by atoms with Gasteiger partial charge in [0.05, 0.1) is 15.5 Å². The number of nitrogens with zero attached hydrogens (tertiary/aromatic N) is 2. The highest BCUT2D eigenvalue weighted by Gasteiger charge is 2.10. The van der Waals surface area contributed by atoms with Crippen LogP contribution >= 0.6 is 43.2 Å². The van der Waals surface area contributed by atoms with Gasteiger partial charge in [0.1, 0.15) is 5.52 Å². The van der Waals surface area contributed by atoms with Crippen LogP contribution < -0.4 is 10.6 Å². The third kappa shape index (κ3) is 4.12. The number of pyridine rings is 1. The minimum absolute atomic E-state index is 0.801. The van der Waals surface area contributed by atoms with Gasteiger partial charge in [0, 0.05) is 28.6 Å². The van der Waals surface area contributed by atoms with E-state index in [-0.39, 0.29) is 0 Å². The predicted molar refractivity (Wildman–Crippen MR) is 103 cm³/mol. The molecule has 3 heterocycles. The number of rotatable bonds is 7. The summed E-state index contributed by atoms with van der Waals surface area (Å²) < 4.78 is 2.33. The number of imidazole rings is 1. The molecule has 0 aliphatic heterocycles. The first-order chi connectivity index (χ1) is 11.1. The molecule has 3 aromatic heterocycles. The lowest BCUT2D eigenvalue weighted by Crippen LogP contribution is -2.17. The molecule has 0 atom stereocenters. The smallest absolute Gasteiger partial charge is 0.201 e. The van der Waals surface area contributed by atoms with Gasteiger partial charge in [-0.1, -0.05) is 0 Å². The number of H-pyrrole nitrogens is 1. The molecule has 0 saturated carbocycles. The third-order valence-electron chi connectivity index (χ3n) is 3.53. The van der Waals surface area contributed by atoms with Gasteiger partial charge in [0.15, 0.2) is 0 Å². The van der Waals surface area contributed by atoms with Gasteiger partial charge in [0.2, 0.25) is 5.95 Å². The Bertz CT molecular complexity index is 765. The van der Waals surface area contributed by atoms with Crippen LogP contribution in [0.25, 0.3) is 11.0 Å². The predicted octanol–water partition coefficient (Wildman–Crippen LogP) is 4.44. The summed E-state index contributed by atoms with van der Waals surface area (Å²) in [4.78, 5) is 13.1. The summed E-state index contributed by atoms with van der Waals surface area (Å²) in [6, 6.07) is 1.93. The van der Waals surface area contributed by atoms with Crippen LogP contribution in [0.5, 0.6) is 0 Å². The van der Waals surface area contributed by atoms with Crippen LogP contribution in [0.4, 0.5) is 5.95 Å². The number of halogens is 2. The maximum Gasteiger partial charge on any atom is 0.201 e. The van der Waals surface area contributed by atoms with Gasteiger partial charge in [-0.3, -0.25) is 4.98 Å². The molecule has 0 spiro atoms. The minimum Gasteiger partial charge on any atom is -0.356 e. The van der Waals surface area contributed by atoms with E-state index in [0.717, 1.165) is 46.8 Å². The Hall–Kier alpha value is -0.960. The summed E-state index contributed by atoms with van der Waals surface area (Å²) in [6.45, 7) is 4.87. The van der Waals surface area contributed by atoms with Crippen molar-refractivity contribution in [1.29, 1.82) is 0 Å². The molecule has 8 heteroatoms. The van der Waals surface area contributed by atoms with Gasteiger partial charge in [-0.25, -0.2) is 4.98 Å². The molecule has 0 bridgehead atoms. The zero-order valence-electron chi connectivity index (χ0n) is 12.6. The SMILES string of the molecule is Cc1c(CNCCCNc2nc3cnccc3[nH]2)sc(Br)c1Br. The molecule has 0 radical (unpaired) electrons. The number of hydrogen-bond donors (Lipinski definition) is 3. The van der Waals surface area contributed by atoms with Crippen LogP contribution in [0.3, 0.4) is 0 Å². The van der Waals surface area contributed by atoms with Gasteiger partial charge in [-0.2, -0.15) is 0 Å². The molecule has 0 fully saturated rings. The fraction of sp³-hybridized carbons (Fsp3) is 0.333. The van der Waals surface area contributed by atoms with E-state index in [1.165, 1.54) is 14.9 Å². The van der Waals surface area contributed by atoms with Crippen molar-refractivity contribution in [2.24, 2.45) is 0 Å². The van der Waals surface area contributed by atoms with E-state index in [1.54, 1.807) is 23.7 Å². The first-order valence-corrected chi connectivity index (χ1v) is 9.73. The standard InChI is InChI=1S/C15H17Br2N5S/c1-9-12(23-14(17)13(9)16)8-18-4-2-5-20-15-21-10-3-6-19-7-11(10)22-15/h3,6-7,18H,2,4-5,8H2,1H3,(H2,20,21,22). The molecule has 3 aromatic rings. The Morgan fingerprint density at radius 2 is 2.17 bits per heavy atom. The van der Waals surface area contributed by atoms with E-state index in [2.05, 4.69) is 64.4 Å². The molecule has 23 heavy (non-hydrogen) atoms. The zero-order chi connectivity index (χ0) is 16.2.